The van der Waals surface area contributed by atoms with Crippen molar-refractivity contribution in [3.63, 3.8) is 0 Å². The molecule has 5 unspecified atom stereocenters. The molecule has 0 aromatic heterocycles. The average molecular weight is 234 g/mol. The minimum atomic E-state index is -1.58. The van der Waals surface area contributed by atoms with Crippen LogP contribution in [0.3, 0.4) is 0 Å². The minimum absolute atomic E-state index is 0.0975. The topological polar surface area (TPSA) is 107 Å². The number of Topliss-reactive ketones (excluding diaryl/α,β-unsaturated/α-hetero) is 1. The number of hydrogen-bond donors (Lipinski definition) is 4. The Kier molecular flexibility index (Phi) is 4.40. The number of ketones is 1. The van der Waals surface area contributed by atoms with Gasteiger partial charge in [-0.15, -0.1) is 0 Å². The Balaban J connectivity index is 2.64. The van der Waals surface area contributed by atoms with Crippen molar-refractivity contribution in [1.82, 2.24) is 0 Å². The van der Waals surface area contributed by atoms with E-state index in [0.29, 0.717) is 0 Å². The van der Waals surface area contributed by atoms with Gasteiger partial charge in [-0.1, -0.05) is 13.8 Å². The molecule has 5 atom stereocenters. The van der Waals surface area contributed by atoms with Crippen molar-refractivity contribution in [3.8, 4) is 0 Å². The molecule has 0 aromatic rings. The van der Waals surface area contributed by atoms with Gasteiger partial charge in [-0.2, -0.15) is 0 Å². The van der Waals surface area contributed by atoms with E-state index in [1.165, 1.54) is 0 Å². The van der Waals surface area contributed by atoms with Gasteiger partial charge in [0.05, 0.1) is 6.10 Å². The maximum Gasteiger partial charge on any atom is 0.183 e. The van der Waals surface area contributed by atoms with E-state index in [0.717, 1.165) is 0 Å². The third-order valence-electron chi connectivity index (χ3n) is 2.73. The van der Waals surface area contributed by atoms with E-state index < -0.39 is 30.7 Å². The predicted octanol–water partition coefficient (Wildman–Crippen LogP) is -1.60. The highest BCUT2D eigenvalue weighted by Gasteiger charge is 2.43. The second-order valence-electron chi connectivity index (χ2n) is 4.36. The zero-order valence-electron chi connectivity index (χ0n) is 9.28. The van der Waals surface area contributed by atoms with E-state index >= 15 is 0 Å². The molecule has 1 fully saturated rings. The van der Waals surface area contributed by atoms with Crippen LogP contribution in [0.4, 0.5) is 0 Å². The van der Waals surface area contributed by atoms with Crippen molar-refractivity contribution in [2.45, 2.75) is 51.0 Å². The van der Waals surface area contributed by atoms with Gasteiger partial charge in [0.2, 0.25) is 0 Å². The monoisotopic (exact) mass is 234 g/mol. The molecule has 0 saturated carbocycles. The summed E-state index contributed by atoms with van der Waals surface area (Å²) in [5, 5.41) is 37.4. The molecule has 6 nitrogen and oxygen atoms in total. The van der Waals surface area contributed by atoms with Crippen molar-refractivity contribution in [3.05, 3.63) is 0 Å². The van der Waals surface area contributed by atoms with Crippen LogP contribution < -0.4 is 0 Å². The third-order valence-corrected chi connectivity index (χ3v) is 2.73. The van der Waals surface area contributed by atoms with Gasteiger partial charge in [0, 0.05) is 12.3 Å². The van der Waals surface area contributed by atoms with Crippen molar-refractivity contribution in [1.29, 1.82) is 0 Å². The Morgan fingerprint density at radius 3 is 2.19 bits per heavy atom. The van der Waals surface area contributed by atoms with E-state index in [4.69, 9.17) is 4.74 Å². The Morgan fingerprint density at radius 1 is 1.12 bits per heavy atom. The summed E-state index contributed by atoms with van der Waals surface area (Å²) in [6.45, 7) is 3.42. The molecule has 0 amide bonds. The Hall–Kier alpha value is -0.530. The van der Waals surface area contributed by atoms with Crippen molar-refractivity contribution < 1.29 is 30.0 Å². The molecule has 0 aromatic carbocycles. The zero-order chi connectivity index (χ0) is 12.5. The Morgan fingerprint density at radius 2 is 1.69 bits per heavy atom. The van der Waals surface area contributed by atoms with Crippen LogP contribution in [0.2, 0.25) is 0 Å². The molecular weight excluding hydrogens is 216 g/mol. The summed E-state index contributed by atoms with van der Waals surface area (Å²) >= 11 is 0. The molecule has 1 aliphatic rings. The van der Waals surface area contributed by atoms with Gasteiger partial charge >= 0.3 is 0 Å². The van der Waals surface area contributed by atoms with Gasteiger partial charge in [-0.05, 0) is 0 Å². The number of aliphatic hydroxyl groups is 4. The maximum absolute atomic E-state index is 11.4. The molecule has 4 N–H and O–H groups in total. The summed E-state index contributed by atoms with van der Waals surface area (Å²) in [6, 6.07) is 0. The molecule has 94 valence electrons. The van der Waals surface area contributed by atoms with Crippen LogP contribution in [0.25, 0.3) is 0 Å². The lowest BCUT2D eigenvalue weighted by Gasteiger charge is -2.38. The SMILES string of the molecule is CC(C)C(=O)CC1OC(O)C(O)C(O)C1O. The molecule has 0 radical (unpaired) electrons. The van der Waals surface area contributed by atoms with E-state index in [1.807, 2.05) is 0 Å². The van der Waals surface area contributed by atoms with Gasteiger partial charge < -0.3 is 25.2 Å². The largest absolute Gasteiger partial charge is 0.388 e. The standard InChI is InChI=1S/C10H18O6/c1-4(2)5(11)3-6-7(12)8(13)9(14)10(15)16-6/h4,6-10,12-15H,3H2,1-2H3. The highest BCUT2D eigenvalue weighted by atomic mass is 16.6. The van der Waals surface area contributed by atoms with Crippen molar-refractivity contribution in [2.75, 3.05) is 0 Å². The van der Waals surface area contributed by atoms with Crippen LogP contribution in [0.1, 0.15) is 20.3 Å². The Bertz CT molecular complexity index is 254. The first-order valence-electron chi connectivity index (χ1n) is 5.25. The molecule has 1 aliphatic heterocycles. The lowest BCUT2D eigenvalue weighted by molar-refractivity contribution is -0.281. The van der Waals surface area contributed by atoms with Gasteiger partial charge in [0.15, 0.2) is 6.29 Å². The lowest BCUT2D eigenvalue weighted by Crippen LogP contribution is -2.57. The molecule has 0 bridgehead atoms. The molecule has 1 heterocycles. The van der Waals surface area contributed by atoms with E-state index in [2.05, 4.69) is 0 Å². The van der Waals surface area contributed by atoms with Crippen LogP contribution in [-0.4, -0.2) is 56.9 Å². The highest BCUT2D eigenvalue weighted by Crippen LogP contribution is 2.22. The van der Waals surface area contributed by atoms with E-state index in [9.17, 15) is 25.2 Å². The summed E-state index contributed by atoms with van der Waals surface area (Å²) < 4.78 is 4.88. The fourth-order valence-electron chi connectivity index (χ4n) is 1.53. The molecular formula is C10H18O6. The summed E-state index contributed by atoms with van der Waals surface area (Å²) in [6.07, 6.45) is -7.10. The molecule has 1 rings (SSSR count). The highest BCUT2D eigenvalue weighted by molar-refractivity contribution is 5.80. The molecule has 0 spiro atoms. The number of carbonyl (C=O) groups is 1. The maximum atomic E-state index is 11.4. The van der Waals surface area contributed by atoms with Gasteiger partial charge in [-0.3, -0.25) is 4.79 Å². The fraction of sp³-hybridized carbons (Fsp3) is 0.900. The fourth-order valence-corrected chi connectivity index (χ4v) is 1.53. The predicted molar refractivity (Wildman–Crippen MR) is 53.4 cm³/mol. The summed E-state index contributed by atoms with van der Waals surface area (Å²) in [7, 11) is 0. The van der Waals surface area contributed by atoms with E-state index in [-0.39, 0.29) is 18.1 Å². The second-order valence-corrected chi connectivity index (χ2v) is 4.36. The van der Waals surface area contributed by atoms with Gasteiger partial charge in [-0.25, -0.2) is 0 Å². The number of carbonyl (C=O) groups excluding carboxylic acids is 1. The van der Waals surface area contributed by atoms with Crippen molar-refractivity contribution in [2.24, 2.45) is 5.92 Å². The number of ether oxygens (including phenoxy) is 1. The van der Waals surface area contributed by atoms with Crippen LogP contribution >= 0.6 is 0 Å². The number of rotatable bonds is 3. The summed E-state index contributed by atoms with van der Waals surface area (Å²) in [4.78, 5) is 11.4. The first-order valence-corrected chi connectivity index (χ1v) is 5.25. The van der Waals surface area contributed by atoms with Crippen LogP contribution in [0.5, 0.6) is 0 Å². The third kappa shape index (κ3) is 2.78. The molecule has 6 heteroatoms. The molecule has 16 heavy (non-hydrogen) atoms. The average Bonchev–Trinajstić information content (AvgIpc) is 2.22. The summed E-state index contributed by atoms with van der Waals surface area (Å²) in [5.41, 5.74) is 0. The van der Waals surface area contributed by atoms with Crippen LogP contribution in [0, 0.1) is 5.92 Å². The minimum Gasteiger partial charge on any atom is -0.388 e. The van der Waals surface area contributed by atoms with Gasteiger partial charge in [0.25, 0.3) is 0 Å². The normalized spacial score (nSPS) is 40.1. The first kappa shape index (κ1) is 13.5. The molecule has 0 aliphatic carbocycles. The van der Waals surface area contributed by atoms with Crippen molar-refractivity contribution >= 4 is 5.78 Å². The zero-order valence-corrected chi connectivity index (χ0v) is 9.28. The van der Waals surface area contributed by atoms with Crippen LogP contribution in [-0.2, 0) is 9.53 Å². The first-order chi connectivity index (χ1) is 7.34. The summed E-state index contributed by atoms with van der Waals surface area (Å²) in [5.74, 6) is -0.350. The van der Waals surface area contributed by atoms with Gasteiger partial charge in [0.1, 0.15) is 24.1 Å². The lowest BCUT2D eigenvalue weighted by atomic mass is 9.93. The number of aliphatic hydroxyl groups excluding tert-OH is 4. The molecule has 1 saturated heterocycles. The second kappa shape index (κ2) is 5.20. The smallest absolute Gasteiger partial charge is 0.183 e. The quantitative estimate of drug-likeness (QED) is 0.468. The Labute approximate surface area is 93.5 Å². The van der Waals surface area contributed by atoms with Crippen LogP contribution in [0.15, 0.2) is 0 Å². The van der Waals surface area contributed by atoms with E-state index in [1.54, 1.807) is 13.8 Å². The number of hydrogen-bond acceptors (Lipinski definition) is 6.